The van der Waals surface area contributed by atoms with Crippen molar-refractivity contribution >= 4 is 26.6 Å². The third kappa shape index (κ3) is 2.55. The summed E-state index contributed by atoms with van der Waals surface area (Å²) in [6.45, 7) is 3.50. The number of aryl methyl sites for hydroxylation is 3. The van der Waals surface area contributed by atoms with Crippen LogP contribution >= 0.6 is 0 Å². The Hall–Kier alpha value is -2.41. The molecule has 0 unspecified atom stereocenters. The van der Waals surface area contributed by atoms with Crippen molar-refractivity contribution in [3.63, 3.8) is 0 Å². The molecule has 0 atom stereocenters. The first-order valence-electron chi connectivity index (χ1n) is 6.76. The Balaban J connectivity index is 2.12. The molecule has 0 fully saturated rings. The van der Waals surface area contributed by atoms with Crippen molar-refractivity contribution in [2.45, 2.75) is 18.7 Å². The van der Waals surface area contributed by atoms with E-state index in [1.165, 1.54) is 10.9 Å². The van der Waals surface area contributed by atoms with E-state index < -0.39 is 10.0 Å². The zero-order chi connectivity index (χ0) is 15.9. The number of benzene rings is 1. The van der Waals surface area contributed by atoms with Crippen molar-refractivity contribution in [2.75, 3.05) is 4.72 Å². The molecule has 0 aliphatic heterocycles. The molecule has 0 amide bonds. The fourth-order valence-corrected chi connectivity index (χ4v) is 3.72. The van der Waals surface area contributed by atoms with Gasteiger partial charge in [0, 0.05) is 24.3 Å². The summed E-state index contributed by atoms with van der Waals surface area (Å²) in [6, 6.07) is 9.15. The Morgan fingerprint density at radius 3 is 2.59 bits per heavy atom. The molecule has 2 heterocycles. The number of fused-ring (bicyclic) bond motifs is 1. The van der Waals surface area contributed by atoms with Gasteiger partial charge in [0.1, 0.15) is 4.90 Å². The highest BCUT2D eigenvalue weighted by atomic mass is 32.2. The van der Waals surface area contributed by atoms with Crippen molar-refractivity contribution in [3.8, 4) is 0 Å². The van der Waals surface area contributed by atoms with E-state index in [2.05, 4.69) is 14.8 Å². The van der Waals surface area contributed by atoms with E-state index in [0.717, 1.165) is 16.6 Å². The molecular formula is C15H16N4O2S. The lowest BCUT2D eigenvalue weighted by Gasteiger charge is -2.11. The first-order chi connectivity index (χ1) is 10.4. The van der Waals surface area contributed by atoms with E-state index >= 15 is 0 Å². The topological polar surface area (TPSA) is 76.9 Å². The van der Waals surface area contributed by atoms with Crippen LogP contribution in [0.2, 0.25) is 0 Å². The first kappa shape index (κ1) is 14.5. The van der Waals surface area contributed by atoms with Gasteiger partial charge >= 0.3 is 0 Å². The fraction of sp³-hybridized carbons (Fsp3) is 0.200. The Bertz CT molecular complexity index is 961. The van der Waals surface area contributed by atoms with Crippen molar-refractivity contribution in [3.05, 3.63) is 47.9 Å². The third-order valence-corrected chi connectivity index (χ3v) is 4.81. The SMILES string of the molecule is Cc1cc(NS(=O)(=O)c2cn(C)nc2C)c2ccccc2n1. The maximum absolute atomic E-state index is 12.6. The van der Waals surface area contributed by atoms with Gasteiger partial charge in [0.25, 0.3) is 10.0 Å². The monoisotopic (exact) mass is 316 g/mol. The van der Waals surface area contributed by atoms with Crippen LogP contribution in [-0.4, -0.2) is 23.2 Å². The maximum atomic E-state index is 12.6. The molecule has 0 aliphatic rings. The minimum atomic E-state index is -3.69. The summed E-state index contributed by atoms with van der Waals surface area (Å²) in [5, 5.41) is 4.85. The molecule has 3 aromatic rings. The smallest absolute Gasteiger partial charge is 0.265 e. The second-order valence-electron chi connectivity index (χ2n) is 5.19. The van der Waals surface area contributed by atoms with Gasteiger partial charge in [-0.25, -0.2) is 8.42 Å². The van der Waals surface area contributed by atoms with Crippen molar-refractivity contribution in [1.82, 2.24) is 14.8 Å². The van der Waals surface area contributed by atoms with Gasteiger partial charge in [0.15, 0.2) is 0 Å². The van der Waals surface area contributed by atoms with E-state index in [0.29, 0.717) is 11.4 Å². The molecule has 114 valence electrons. The van der Waals surface area contributed by atoms with Crippen LogP contribution in [0.15, 0.2) is 41.4 Å². The Labute approximate surface area is 128 Å². The van der Waals surface area contributed by atoms with Gasteiger partial charge < -0.3 is 0 Å². The van der Waals surface area contributed by atoms with Crippen molar-refractivity contribution in [1.29, 1.82) is 0 Å². The maximum Gasteiger partial charge on any atom is 0.265 e. The second kappa shape index (κ2) is 5.10. The number of anilines is 1. The molecule has 3 rings (SSSR count). The largest absolute Gasteiger partial charge is 0.279 e. The average molecular weight is 316 g/mol. The Morgan fingerprint density at radius 1 is 1.18 bits per heavy atom. The first-order valence-corrected chi connectivity index (χ1v) is 8.24. The highest BCUT2D eigenvalue weighted by Crippen LogP contribution is 2.26. The van der Waals surface area contributed by atoms with E-state index in [4.69, 9.17) is 0 Å². The molecule has 6 nitrogen and oxygen atoms in total. The van der Waals surface area contributed by atoms with E-state index in [1.54, 1.807) is 20.0 Å². The quantitative estimate of drug-likeness (QED) is 0.805. The normalized spacial score (nSPS) is 11.8. The van der Waals surface area contributed by atoms with Gasteiger partial charge in [-0.15, -0.1) is 0 Å². The van der Waals surface area contributed by atoms with E-state index in [1.807, 2.05) is 31.2 Å². The zero-order valence-corrected chi connectivity index (χ0v) is 13.3. The number of sulfonamides is 1. The predicted molar refractivity (Wildman–Crippen MR) is 85.2 cm³/mol. The van der Waals surface area contributed by atoms with Gasteiger partial charge in [0.05, 0.1) is 16.9 Å². The van der Waals surface area contributed by atoms with E-state index in [-0.39, 0.29) is 4.90 Å². The number of hydrogen-bond donors (Lipinski definition) is 1. The average Bonchev–Trinajstić information content (AvgIpc) is 2.78. The molecule has 0 saturated carbocycles. The molecular weight excluding hydrogens is 300 g/mol. The summed E-state index contributed by atoms with van der Waals surface area (Å²) >= 11 is 0. The van der Waals surface area contributed by atoms with Crippen molar-refractivity contribution < 1.29 is 8.42 Å². The summed E-state index contributed by atoms with van der Waals surface area (Å²) in [5.41, 5.74) is 2.49. The molecule has 0 saturated heterocycles. The van der Waals surface area contributed by atoms with Gasteiger partial charge in [0.2, 0.25) is 0 Å². The fourth-order valence-electron chi connectivity index (χ4n) is 2.43. The molecule has 0 radical (unpaired) electrons. The number of nitrogens with one attached hydrogen (secondary N) is 1. The minimum absolute atomic E-state index is 0.175. The third-order valence-electron chi connectivity index (χ3n) is 3.35. The molecule has 0 bridgehead atoms. The lowest BCUT2D eigenvalue weighted by Crippen LogP contribution is -2.14. The molecule has 0 spiro atoms. The summed E-state index contributed by atoms with van der Waals surface area (Å²) in [4.78, 5) is 4.58. The second-order valence-corrected chi connectivity index (χ2v) is 6.84. The standard InChI is InChI=1S/C15H16N4O2S/c1-10-8-14(12-6-4-5-7-13(12)16-10)18-22(20,21)15-9-19(3)17-11(15)2/h4-9H,1-3H3,(H,16,18). The van der Waals surface area contributed by atoms with Crippen LogP contribution in [0.3, 0.4) is 0 Å². The predicted octanol–water partition coefficient (Wildman–Crippen LogP) is 2.39. The van der Waals surface area contributed by atoms with Gasteiger partial charge in [-0.05, 0) is 26.0 Å². The molecule has 7 heteroatoms. The molecule has 22 heavy (non-hydrogen) atoms. The lowest BCUT2D eigenvalue weighted by molar-refractivity contribution is 0.600. The molecule has 1 aromatic carbocycles. The number of aromatic nitrogens is 3. The Morgan fingerprint density at radius 2 is 1.91 bits per heavy atom. The van der Waals surface area contributed by atoms with Crippen LogP contribution in [-0.2, 0) is 17.1 Å². The lowest BCUT2D eigenvalue weighted by atomic mass is 10.2. The minimum Gasteiger partial charge on any atom is -0.279 e. The number of para-hydroxylation sites is 1. The van der Waals surface area contributed by atoms with Crippen LogP contribution in [0.4, 0.5) is 5.69 Å². The summed E-state index contributed by atoms with van der Waals surface area (Å²) in [6.07, 6.45) is 1.49. The van der Waals surface area contributed by atoms with Crippen molar-refractivity contribution in [2.24, 2.45) is 7.05 Å². The molecule has 2 aromatic heterocycles. The van der Waals surface area contributed by atoms with E-state index in [9.17, 15) is 8.42 Å². The van der Waals surface area contributed by atoms with Crippen LogP contribution in [0.5, 0.6) is 0 Å². The summed E-state index contributed by atoms with van der Waals surface area (Å²) in [5.74, 6) is 0. The van der Waals surface area contributed by atoms with Gasteiger partial charge in [-0.2, -0.15) is 5.10 Å². The Kier molecular flexibility index (Phi) is 3.37. The molecule has 1 N–H and O–H groups in total. The number of pyridine rings is 1. The summed E-state index contributed by atoms with van der Waals surface area (Å²) < 4.78 is 29.3. The molecule has 0 aliphatic carbocycles. The summed E-state index contributed by atoms with van der Waals surface area (Å²) in [7, 11) is -2.00. The van der Waals surface area contributed by atoms with Crippen LogP contribution in [0.1, 0.15) is 11.4 Å². The van der Waals surface area contributed by atoms with Crippen LogP contribution < -0.4 is 4.72 Å². The van der Waals surface area contributed by atoms with Crippen LogP contribution in [0.25, 0.3) is 10.9 Å². The van der Waals surface area contributed by atoms with Gasteiger partial charge in [-0.1, -0.05) is 18.2 Å². The number of nitrogens with zero attached hydrogens (tertiary/aromatic N) is 3. The number of hydrogen-bond acceptors (Lipinski definition) is 4. The highest BCUT2D eigenvalue weighted by molar-refractivity contribution is 7.92. The zero-order valence-electron chi connectivity index (χ0n) is 12.5. The van der Waals surface area contributed by atoms with Crippen LogP contribution in [0, 0.1) is 13.8 Å². The highest BCUT2D eigenvalue weighted by Gasteiger charge is 2.21. The van der Waals surface area contributed by atoms with Gasteiger partial charge in [-0.3, -0.25) is 14.4 Å². The number of rotatable bonds is 3.